The third-order valence-corrected chi connectivity index (χ3v) is 4.83. The van der Waals surface area contributed by atoms with E-state index in [0.717, 1.165) is 21.5 Å². The standard InChI is InChI=1S/C16H15BrN2S/c1-11(12-6-8-13(17)9-7-12)18-10-16-19-14-4-2-3-5-15(14)20-16/h2-9,11,18H,10H2,1H3/t11-/m1/s1. The largest absolute Gasteiger partial charge is 0.304 e. The van der Waals surface area contributed by atoms with E-state index in [2.05, 4.69) is 75.6 Å². The fourth-order valence-electron chi connectivity index (χ4n) is 2.11. The van der Waals surface area contributed by atoms with E-state index in [1.54, 1.807) is 11.3 Å². The number of benzene rings is 2. The fraction of sp³-hybridized carbons (Fsp3) is 0.188. The first-order valence-corrected chi connectivity index (χ1v) is 8.16. The van der Waals surface area contributed by atoms with Crippen LogP contribution in [-0.4, -0.2) is 4.98 Å². The zero-order valence-electron chi connectivity index (χ0n) is 11.1. The van der Waals surface area contributed by atoms with Gasteiger partial charge in [-0.25, -0.2) is 4.98 Å². The predicted molar refractivity (Wildman–Crippen MR) is 89.0 cm³/mol. The number of fused-ring (bicyclic) bond motifs is 1. The van der Waals surface area contributed by atoms with E-state index in [4.69, 9.17) is 0 Å². The summed E-state index contributed by atoms with van der Waals surface area (Å²) < 4.78 is 2.36. The number of rotatable bonds is 4. The van der Waals surface area contributed by atoms with E-state index in [0.29, 0.717) is 6.04 Å². The van der Waals surface area contributed by atoms with Crippen molar-refractivity contribution >= 4 is 37.5 Å². The molecular formula is C16H15BrN2S. The van der Waals surface area contributed by atoms with Gasteiger partial charge in [0.15, 0.2) is 0 Å². The molecule has 0 fully saturated rings. The number of halogens is 1. The predicted octanol–water partition coefficient (Wildman–Crippen LogP) is 4.91. The maximum atomic E-state index is 4.64. The molecule has 0 aliphatic rings. The SMILES string of the molecule is C[C@@H](NCc1nc2ccccc2s1)c1ccc(Br)cc1. The van der Waals surface area contributed by atoms with E-state index in [1.807, 2.05) is 6.07 Å². The molecule has 1 N–H and O–H groups in total. The minimum absolute atomic E-state index is 0.315. The highest BCUT2D eigenvalue weighted by atomic mass is 79.9. The van der Waals surface area contributed by atoms with Gasteiger partial charge in [0.05, 0.1) is 10.2 Å². The van der Waals surface area contributed by atoms with Crippen molar-refractivity contribution in [2.75, 3.05) is 0 Å². The van der Waals surface area contributed by atoms with Crippen molar-refractivity contribution in [2.24, 2.45) is 0 Å². The van der Waals surface area contributed by atoms with Gasteiger partial charge in [0.25, 0.3) is 0 Å². The molecule has 2 nitrogen and oxygen atoms in total. The highest BCUT2D eigenvalue weighted by molar-refractivity contribution is 9.10. The molecule has 0 unspecified atom stereocenters. The van der Waals surface area contributed by atoms with E-state index < -0.39 is 0 Å². The minimum atomic E-state index is 0.315. The van der Waals surface area contributed by atoms with Crippen molar-refractivity contribution in [3.05, 3.63) is 63.6 Å². The lowest BCUT2D eigenvalue weighted by Crippen LogP contribution is -2.17. The summed E-state index contributed by atoms with van der Waals surface area (Å²) in [6.07, 6.45) is 0. The molecule has 4 heteroatoms. The molecular weight excluding hydrogens is 332 g/mol. The van der Waals surface area contributed by atoms with Crippen molar-refractivity contribution in [2.45, 2.75) is 19.5 Å². The second-order valence-electron chi connectivity index (χ2n) is 4.73. The van der Waals surface area contributed by atoms with Crippen LogP contribution in [0.15, 0.2) is 53.0 Å². The Hall–Kier alpha value is -1.23. The molecule has 1 heterocycles. The number of hydrogen-bond acceptors (Lipinski definition) is 3. The Morgan fingerprint density at radius 1 is 1.15 bits per heavy atom. The molecule has 0 aliphatic carbocycles. The van der Waals surface area contributed by atoms with Gasteiger partial charge in [0.2, 0.25) is 0 Å². The smallest absolute Gasteiger partial charge is 0.108 e. The first-order chi connectivity index (χ1) is 9.72. The maximum absolute atomic E-state index is 4.64. The molecule has 0 saturated carbocycles. The Balaban J connectivity index is 1.68. The van der Waals surface area contributed by atoms with Crippen LogP contribution in [0.4, 0.5) is 0 Å². The summed E-state index contributed by atoms with van der Waals surface area (Å²) in [7, 11) is 0. The molecule has 0 spiro atoms. The highest BCUT2D eigenvalue weighted by Crippen LogP contribution is 2.22. The Kier molecular flexibility index (Phi) is 4.15. The third kappa shape index (κ3) is 3.08. The first kappa shape index (κ1) is 13.7. The molecule has 3 rings (SSSR count). The number of nitrogens with zero attached hydrogens (tertiary/aromatic N) is 1. The van der Waals surface area contributed by atoms with Crippen LogP contribution in [0, 0.1) is 0 Å². The molecule has 3 aromatic rings. The van der Waals surface area contributed by atoms with Gasteiger partial charge in [-0.05, 0) is 36.8 Å². The topological polar surface area (TPSA) is 24.9 Å². The van der Waals surface area contributed by atoms with Gasteiger partial charge < -0.3 is 5.32 Å². The van der Waals surface area contributed by atoms with Crippen LogP contribution in [0.2, 0.25) is 0 Å². The normalized spacial score (nSPS) is 12.7. The Labute approximate surface area is 131 Å². The van der Waals surface area contributed by atoms with Gasteiger partial charge in [-0.1, -0.05) is 40.2 Å². The van der Waals surface area contributed by atoms with Gasteiger partial charge in [0.1, 0.15) is 5.01 Å². The van der Waals surface area contributed by atoms with E-state index in [9.17, 15) is 0 Å². The lowest BCUT2D eigenvalue weighted by atomic mass is 10.1. The number of hydrogen-bond donors (Lipinski definition) is 1. The number of thiazole rings is 1. The van der Waals surface area contributed by atoms with Gasteiger partial charge in [-0.15, -0.1) is 11.3 Å². The Bertz CT molecular complexity index is 673. The second kappa shape index (κ2) is 6.04. The summed E-state index contributed by atoms with van der Waals surface area (Å²) in [6, 6.07) is 17.0. The molecule has 0 bridgehead atoms. The Morgan fingerprint density at radius 2 is 1.90 bits per heavy atom. The highest BCUT2D eigenvalue weighted by Gasteiger charge is 2.07. The van der Waals surface area contributed by atoms with Crippen LogP contribution in [0.5, 0.6) is 0 Å². The molecule has 0 amide bonds. The molecule has 0 saturated heterocycles. The van der Waals surface area contributed by atoms with Gasteiger partial charge in [-0.3, -0.25) is 0 Å². The van der Waals surface area contributed by atoms with Crippen molar-refractivity contribution in [3.8, 4) is 0 Å². The number of para-hydroxylation sites is 1. The van der Waals surface area contributed by atoms with Gasteiger partial charge in [0, 0.05) is 17.1 Å². The molecule has 1 atom stereocenters. The summed E-state index contributed by atoms with van der Waals surface area (Å²) in [4.78, 5) is 4.64. The lowest BCUT2D eigenvalue weighted by Gasteiger charge is -2.13. The van der Waals surface area contributed by atoms with Crippen LogP contribution in [-0.2, 0) is 6.54 Å². The summed E-state index contributed by atoms with van der Waals surface area (Å²) >= 11 is 5.22. The summed E-state index contributed by atoms with van der Waals surface area (Å²) in [5.41, 5.74) is 2.37. The van der Waals surface area contributed by atoms with Crippen molar-refractivity contribution in [1.29, 1.82) is 0 Å². The van der Waals surface area contributed by atoms with Crippen LogP contribution >= 0.6 is 27.3 Å². The maximum Gasteiger partial charge on any atom is 0.108 e. The Morgan fingerprint density at radius 3 is 2.65 bits per heavy atom. The van der Waals surface area contributed by atoms with Crippen LogP contribution < -0.4 is 5.32 Å². The van der Waals surface area contributed by atoms with E-state index in [1.165, 1.54) is 10.3 Å². The fourth-order valence-corrected chi connectivity index (χ4v) is 3.29. The van der Waals surface area contributed by atoms with Gasteiger partial charge in [-0.2, -0.15) is 0 Å². The molecule has 102 valence electrons. The monoisotopic (exact) mass is 346 g/mol. The molecule has 2 aromatic carbocycles. The zero-order chi connectivity index (χ0) is 13.9. The summed E-state index contributed by atoms with van der Waals surface area (Å²) in [5, 5.41) is 4.66. The molecule has 1 aromatic heterocycles. The van der Waals surface area contributed by atoms with Crippen LogP contribution in [0.25, 0.3) is 10.2 Å². The first-order valence-electron chi connectivity index (χ1n) is 6.55. The molecule has 0 aliphatic heterocycles. The third-order valence-electron chi connectivity index (χ3n) is 3.27. The second-order valence-corrected chi connectivity index (χ2v) is 6.76. The lowest BCUT2D eigenvalue weighted by molar-refractivity contribution is 0.573. The average Bonchev–Trinajstić information content (AvgIpc) is 2.88. The summed E-state index contributed by atoms with van der Waals surface area (Å²) in [6.45, 7) is 2.98. The number of aromatic nitrogens is 1. The zero-order valence-corrected chi connectivity index (χ0v) is 13.5. The van der Waals surface area contributed by atoms with Crippen LogP contribution in [0.1, 0.15) is 23.5 Å². The van der Waals surface area contributed by atoms with Crippen molar-refractivity contribution < 1.29 is 0 Å². The van der Waals surface area contributed by atoms with E-state index in [-0.39, 0.29) is 0 Å². The van der Waals surface area contributed by atoms with Crippen LogP contribution in [0.3, 0.4) is 0 Å². The minimum Gasteiger partial charge on any atom is -0.304 e. The van der Waals surface area contributed by atoms with Crippen molar-refractivity contribution in [1.82, 2.24) is 10.3 Å². The van der Waals surface area contributed by atoms with E-state index >= 15 is 0 Å². The average molecular weight is 347 g/mol. The number of nitrogens with one attached hydrogen (secondary N) is 1. The quantitative estimate of drug-likeness (QED) is 0.725. The molecule has 20 heavy (non-hydrogen) atoms. The van der Waals surface area contributed by atoms with Crippen molar-refractivity contribution in [3.63, 3.8) is 0 Å². The summed E-state index contributed by atoms with van der Waals surface area (Å²) in [5.74, 6) is 0. The molecule has 0 radical (unpaired) electrons. The van der Waals surface area contributed by atoms with Gasteiger partial charge >= 0.3 is 0 Å².